The van der Waals surface area contributed by atoms with Crippen LogP contribution in [0.2, 0.25) is 0 Å². The minimum Gasteiger partial charge on any atom is -0.493 e. The van der Waals surface area contributed by atoms with Gasteiger partial charge in [-0.05, 0) is 49.6 Å². The molecule has 0 radical (unpaired) electrons. The number of ether oxygens (including phenoxy) is 2. The van der Waals surface area contributed by atoms with Crippen LogP contribution in [0.3, 0.4) is 0 Å². The third kappa shape index (κ3) is 4.17. The predicted octanol–water partition coefficient (Wildman–Crippen LogP) is 2.78. The standard InChI is InChI=1S/C22H22N4O4.ClH.H2O/c1-11-6-12(2)19(13(3)7-11)23-21-24-20-15-10-17(30-5)16(29-4)8-14(15)9-18(27)26(20)22(28)25-21;;/h6-8,10H,9H2,1-5H3,(H,23,25,28);1H;1H2. The number of rotatable bonds is 4. The van der Waals surface area contributed by atoms with Crippen molar-refractivity contribution in [2.24, 2.45) is 0 Å². The normalized spacial score (nSPS) is 11.5. The van der Waals surface area contributed by atoms with E-state index in [2.05, 4.69) is 15.3 Å². The fourth-order valence-electron chi connectivity index (χ4n) is 3.87. The molecule has 0 amide bonds. The topological polar surface area (TPSA) is 127 Å². The highest BCUT2D eigenvalue weighted by Crippen LogP contribution is 2.37. The number of anilines is 2. The smallest absolute Gasteiger partial charge is 0.359 e. The molecule has 0 bridgehead atoms. The maximum absolute atomic E-state index is 12.7. The quantitative estimate of drug-likeness (QED) is 0.634. The molecule has 0 saturated carbocycles. The average Bonchev–Trinajstić information content (AvgIpc) is 2.69. The van der Waals surface area contributed by atoms with Gasteiger partial charge in [-0.2, -0.15) is 9.97 Å². The van der Waals surface area contributed by atoms with Crippen LogP contribution in [0.15, 0.2) is 29.1 Å². The van der Waals surface area contributed by atoms with Gasteiger partial charge in [0.05, 0.1) is 20.6 Å². The molecule has 2 heterocycles. The number of halogens is 1. The third-order valence-corrected chi connectivity index (χ3v) is 5.17. The molecule has 0 spiro atoms. The summed E-state index contributed by atoms with van der Waals surface area (Å²) in [4.78, 5) is 33.8. The first-order valence-electron chi connectivity index (χ1n) is 9.46. The summed E-state index contributed by atoms with van der Waals surface area (Å²) < 4.78 is 11.7. The summed E-state index contributed by atoms with van der Waals surface area (Å²) in [6.45, 7) is 5.98. The molecule has 32 heavy (non-hydrogen) atoms. The Labute approximate surface area is 191 Å². The van der Waals surface area contributed by atoms with Gasteiger partial charge in [0.25, 0.3) is 0 Å². The van der Waals surface area contributed by atoms with Gasteiger partial charge in [0.15, 0.2) is 17.3 Å². The number of carbonyl (C=O) groups excluding carboxylic acids is 1. The van der Waals surface area contributed by atoms with Gasteiger partial charge >= 0.3 is 5.69 Å². The lowest BCUT2D eigenvalue weighted by molar-refractivity contribution is 0.0905. The molecule has 1 aromatic heterocycles. The number of hydrogen-bond donors (Lipinski definition) is 1. The van der Waals surface area contributed by atoms with E-state index in [4.69, 9.17) is 9.47 Å². The highest BCUT2D eigenvalue weighted by molar-refractivity contribution is 5.91. The summed E-state index contributed by atoms with van der Waals surface area (Å²) in [5.41, 5.74) is 4.67. The summed E-state index contributed by atoms with van der Waals surface area (Å²) in [5, 5.41) is 3.15. The first-order valence-corrected chi connectivity index (χ1v) is 9.46. The maximum atomic E-state index is 12.7. The Kier molecular flexibility index (Phi) is 7.27. The fraction of sp³-hybridized carbons (Fsp3) is 0.273. The van der Waals surface area contributed by atoms with Gasteiger partial charge in [-0.3, -0.25) is 4.79 Å². The van der Waals surface area contributed by atoms with Crippen molar-refractivity contribution in [1.29, 1.82) is 0 Å². The first kappa shape index (κ1) is 24.8. The van der Waals surface area contributed by atoms with Crippen LogP contribution in [0.5, 0.6) is 11.5 Å². The van der Waals surface area contributed by atoms with Gasteiger partial charge < -0.3 is 20.3 Å². The monoisotopic (exact) mass is 460 g/mol. The van der Waals surface area contributed by atoms with Gasteiger partial charge in [0.1, 0.15) is 0 Å². The molecule has 1 aliphatic heterocycles. The Morgan fingerprint density at radius 1 is 0.938 bits per heavy atom. The molecule has 3 N–H and O–H groups in total. The number of nitrogens with one attached hydrogen (secondary N) is 1. The first-order chi connectivity index (χ1) is 14.3. The van der Waals surface area contributed by atoms with E-state index in [9.17, 15) is 9.59 Å². The van der Waals surface area contributed by atoms with Crippen molar-refractivity contribution in [3.63, 3.8) is 0 Å². The lowest BCUT2D eigenvalue weighted by atomic mass is 9.99. The number of methoxy groups -OCH3 is 2. The van der Waals surface area contributed by atoms with E-state index in [0.717, 1.165) is 26.9 Å². The molecular weight excluding hydrogens is 436 g/mol. The van der Waals surface area contributed by atoms with E-state index in [1.54, 1.807) is 12.1 Å². The zero-order valence-electron chi connectivity index (χ0n) is 18.4. The molecule has 4 rings (SSSR count). The fourth-order valence-corrected chi connectivity index (χ4v) is 3.87. The molecule has 9 nitrogen and oxygen atoms in total. The summed E-state index contributed by atoms with van der Waals surface area (Å²) in [5.74, 6) is 0.980. The molecule has 1 aliphatic rings. The number of aromatic nitrogens is 3. The van der Waals surface area contributed by atoms with Gasteiger partial charge in [-0.1, -0.05) is 17.7 Å². The Hall–Kier alpha value is -3.43. The third-order valence-electron chi connectivity index (χ3n) is 5.17. The van der Waals surface area contributed by atoms with Crippen molar-refractivity contribution in [3.8, 4) is 22.9 Å². The van der Waals surface area contributed by atoms with E-state index in [0.29, 0.717) is 22.6 Å². The maximum Gasteiger partial charge on any atom is 0.359 e. The van der Waals surface area contributed by atoms with Crippen LogP contribution in [0.25, 0.3) is 11.4 Å². The van der Waals surface area contributed by atoms with Crippen molar-refractivity contribution in [2.75, 3.05) is 19.5 Å². The highest BCUT2D eigenvalue weighted by atomic mass is 35.5. The molecule has 0 saturated heterocycles. The molecule has 0 aliphatic carbocycles. The van der Waals surface area contributed by atoms with Gasteiger partial charge in [-0.25, -0.2) is 9.36 Å². The van der Waals surface area contributed by atoms with E-state index >= 15 is 0 Å². The minimum atomic E-state index is -0.671. The van der Waals surface area contributed by atoms with E-state index in [1.807, 2.05) is 32.9 Å². The summed E-state index contributed by atoms with van der Waals surface area (Å²) >= 11 is 0. The summed E-state index contributed by atoms with van der Waals surface area (Å²) in [6, 6.07) is 7.54. The van der Waals surface area contributed by atoms with Crippen LogP contribution >= 0.6 is 12.4 Å². The Morgan fingerprint density at radius 3 is 2.12 bits per heavy atom. The molecule has 0 fully saturated rings. The average molecular weight is 461 g/mol. The van der Waals surface area contributed by atoms with Crippen molar-refractivity contribution >= 4 is 29.9 Å². The molecule has 0 atom stereocenters. The Balaban J connectivity index is 0.00000181. The van der Waals surface area contributed by atoms with Crippen molar-refractivity contribution in [1.82, 2.24) is 14.5 Å². The molecule has 2 aromatic carbocycles. The Bertz CT molecular complexity index is 1230. The van der Waals surface area contributed by atoms with Crippen molar-refractivity contribution in [2.45, 2.75) is 27.2 Å². The Morgan fingerprint density at radius 2 is 1.53 bits per heavy atom. The molecular formula is C22H25ClN4O5. The summed E-state index contributed by atoms with van der Waals surface area (Å²) in [7, 11) is 3.06. The number of nitrogens with zero attached hydrogens (tertiary/aromatic N) is 3. The molecule has 0 unspecified atom stereocenters. The van der Waals surface area contributed by atoms with Crippen molar-refractivity contribution in [3.05, 3.63) is 57.0 Å². The van der Waals surface area contributed by atoms with Gasteiger partial charge in [-0.15, -0.1) is 12.4 Å². The van der Waals surface area contributed by atoms with Crippen LogP contribution in [-0.4, -0.2) is 40.1 Å². The zero-order valence-corrected chi connectivity index (χ0v) is 19.2. The minimum absolute atomic E-state index is 0. The molecule has 3 aromatic rings. The zero-order chi connectivity index (χ0) is 21.6. The van der Waals surface area contributed by atoms with Crippen LogP contribution in [0.4, 0.5) is 11.6 Å². The second kappa shape index (κ2) is 9.37. The number of fused-ring (bicyclic) bond motifs is 3. The van der Waals surface area contributed by atoms with Crippen LogP contribution in [0.1, 0.15) is 27.0 Å². The lowest BCUT2D eigenvalue weighted by Gasteiger charge is -2.21. The molecule has 10 heteroatoms. The second-order valence-corrected chi connectivity index (χ2v) is 7.32. The number of benzene rings is 2. The second-order valence-electron chi connectivity index (χ2n) is 7.32. The predicted molar refractivity (Wildman–Crippen MR) is 124 cm³/mol. The van der Waals surface area contributed by atoms with E-state index in [-0.39, 0.29) is 42.0 Å². The summed E-state index contributed by atoms with van der Waals surface area (Å²) in [6.07, 6.45) is 0.0505. The number of hydrogen-bond acceptors (Lipinski definition) is 7. The van der Waals surface area contributed by atoms with Crippen LogP contribution < -0.4 is 20.5 Å². The van der Waals surface area contributed by atoms with E-state index in [1.165, 1.54) is 14.2 Å². The largest absolute Gasteiger partial charge is 0.493 e. The molecule has 170 valence electrons. The number of carbonyl (C=O) groups is 1. The lowest BCUT2D eigenvalue weighted by Crippen LogP contribution is -2.35. The highest BCUT2D eigenvalue weighted by Gasteiger charge is 2.28. The van der Waals surface area contributed by atoms with Gasteiger partial charge in [0, 0.05) is 11.3 Å². The van der Waals surface area contributed by atoms with Crippen molar-refractivity contribution < 1.29 is 19.7 Å². The van der Waals surface area contributed by atoms with Gasteiger partial charge in [0.2, 0.25) is 11.9 Å². The number of aryl methyl sites for hydroxylation is 3. The SMILES string of the molecule is COc1cc2c(cc1OC)-c1nc(Nc3c(C)cc(C)cc3C)nc(=O)n1C(=O)C2.Cl.O. The van der Waals surface area contributed by atoms with E-state index < -0.39 is 5.69 Å². The van der Waals surface area contributed by atoms with Crippen LogP contribution in [0, 0.1) is 20.8 Å². The van der Waals surface area contributed by atoms with Crippen LogP contribution in [-0.2, 0) is 6.42 Å².